The van der Waals surface area contributed by atoms with Crippen molar-refractivity contribution in [1.82, 2.24) is 9.97 Å². The zero-order chi connectivity index (χ0) is 12.4. The molecule has 0 spiro atoms. The zero-order valence-electron chi connectivity index (χ0n) is 9.91. The Morgan fingerprint density at radius 2 is 2.06 bits per heavy atom. The summed E-state index contributed by atoms with van der Waals surface area (Å²) in [6.45, 7) is 1.57. The number of aromatic nitrogens is 2. The van der Waals surface area contributed by atoms with Crippen LogP contribution in [0.3, 0.4) is 0 Å². The summed E-state index contributed by atoms with van der Waals surface area (Å²) in [5.41, 5.74) is 6.59. The quantitative estimate of drug-likeness (QED) is 0.828. The Balaban J connectivity index is 2.03. The number of hydrogen-bond donors (Lipinski definition) is 1. The van der Waals surface area contributed by atoms with Crippen molar-refractivity contribution >= 4 is 17.3 Å². The van der Waals surface area contributed by atoms with Crippen LogP contribution in [0.5, 0.6) is 5.75 Å². The Bertz CT molecular complexity index is 541. The lowest BCUT2D eigenvalue weighted by Crippen LogP contribution is -2.19. The fourth-order valence-corrected chi connectivity index (χ4v) is 2.04. The highest BCUT2D eigenvalue weighted by molar-refractivity contribution is 5.67. The monoisotopic (exact) mass is 242 g/mol. The molecule has 5 heteroatoms. The van der Waals surface area contributed by atoms with E-state index in [1.165, 1.54) is 0 Å². The van der Waals surface area contributed by atoms with Gasteiger partial charge in [-0.05, 0) is 18.6 Å². The van der Waals surface area contributed by atoms with Crippen molar-refractivity contribution in [3.05, 3.63) is 36.7 Å². The van der Waals surface area contributed by atoms with Crippen LogP contribution in [0.15, 0.2) is 36.7 Å². The van der Waals surface area contributed by atoms with E-state index in [-0.39, 0.29) is 0 Å². The molecule has 0 atom stereocenters. The summed E-state index contributed by atoms with van der Waals surface area (Å²) >= 11 is 0. The molecular formula is C13H14N4O. The zero-order valence-corrected chi connectivity index (χ0v) is 9.91. The van der Waals surface area contributed by atoms with E-state index in [0.717, 1.165) is 36.8 Å². The van der Waals surface area contributed by atoms with Crippen LogP contribution in [0.1, 0.15) is 6.42 Å². The highest BCUT2D eigenvalue weighted by atomic mass is 16.5. The Kier molecular flexibility index (Phi) is 2.72. The number of anilines is 3. The normalized spacial score (nSPS) is 14.6. The van der Waals surface area contributed by atoms with Crippen molar-refractivity contribution in [3.8, 4) is 5.75 Å². The summed E-state index contributed by atoms with van der Waals surface area (Å²) in [6.07, 6.45) is 4.21. The van der Waals surface area contributed by atoms with Crippen LogP contribution in [-0.4, -0.2) is 23.1 Å². The molecule has 0 fully saturated rings. The molecule has 0 aliphatic carbocycles. The second-order valence-corrected chi connectivity index (χ2v) is 4.12. The minimum atomic E-state index is 0.429. The molecule has 18 heavy (non-hydrogen) atoms. The molecule has 0 saturated carbocycles. The van der Waals surface area contributed by atoms with Gasteiger partial charge in [-0.15, -0.1) is 0 Å². The lowest BCUT2D eigenvalue weighted by Gasteiger charge is -2.22. The second kappa shape index (κ2) is 4.52. The van der Waals surface area contributed by atoms with E-state index in [1.54, 1.807) is 12.4 Å². The van der Waals surface area contributed by atoms with Crippen LogP contribution in [0.25, 0.3) is 0 Å². The van der Waals surface area contributed by atoms with Gasteiger partial charge >= 0.3 is 0 Å². The van der Waals surface area contributed by atoms with Gasteiger partial charge in [0.05, 0.1) is 24.7 Å². The molecule has 0 unspecified atom stereocenters. The molecule has 1 aliphatic rings. The van der Waals surface area contributed by atoms with Crippen LogP contribution >= 0.6 is 0 Å². The second-order valence-electron chi connectivity index (χ2n) is 4.12. The van der Waals surface area contributed by atoms with E-state index in [1.807, 2.05) is 24.3 Å². The molecule has 2 heterocycles. The summed E-state index contributed by atoms with van der Waals surface area (Å²) in [6, 6.07) is 7.96. The molecule has 92 valence electrons. The Morgan fingerprint density at radius 3 is 2.89 bits per heavy atom. The van der Waals surface area contributed by atoms with Gasteiger partial charge in [0.1, 0.15) is 11.6 Å². The number of nitrogen functional groups attached to an aromatic ring is 1. The predicted octanol–water partition coefficient (Wildman–Crippen LogP) is 1.98. The number of rotatable bonds is 1. The maximum atomic E-state index is 5.71. The SMILES string of the molecule is Nc1cnc(N2CCCOc3ccccc32)cn1. The summed E-state index contributed by atoms with van der Waals surface area (Å²) in [5.74, 6) is 2.11. The molecule has 2 aromatic rings. The maximum absolute atomic E-state index is 5.71. The number of hydrogen-bond acceptors (Lipinski definition) is 5. The molecule has 0 amide bonds. The van der Waals surface area contributed by atoms with Crippen LogP contribution in [0.4, 0.5) is 17.3 Å². The van der Waals surface area contributed by atoms with Crippen LogP contribution in [0.2, 0.25) is 0 Å². The molecule has 5 nitrogen and oxygen atoms in total. The fourth-order valence-electron chi connectivity index (χ4n) is 2.04. The highest BCUT2D eigenvalue weighted by Gasteiger charge is 2.18. The molecule has 1 aromatic carbocycles. The molecule has 0 bridgehead atoms. The third-order valence-electron chi connectivity index (χ3n) is 2.87. The molecule has 2 N–H and O–H groups in total. The topological polar surface area (TPSA) is 64.3 Å². The number of nitrogens with zero attached hydrogens (tertiary/aromatic N) is 3. The number of ether oxygens (including phenoxy) is 1. The first kappa shape index (κ1) is 10.8. The third kappa shape index (κ3) is 1.95. The number of para-hydroxylation sites is 2. The van der Waals surface area contributed by atoms with Crippen LogP contribution in [-0.2, 0) is 0 Å². The summed E-state index contributed by atoms with van der Waals surface area (Å²) in [7, 11) is 0. The van der Waals surface area contributed by atoms with Crippen LogP contribution < -0.4 is 15.4 Å². The predicted molar refractivity (Wildman–Crippen MR) is 70.0 cm³/mol. The number of fused-ring (bicyclic) bond motifs is 1. The lowest BCUT2D eigenvalue weighted by atomic mass is 10.2. The van der Waals surface area contributed by atoms with Gasteiger partial charge in [0.25, 0.3) is 0 Å². The first-order valence-corrected chi connectivity index (χ1v) is 5.91. The molecule has 3 rings (SSSR count). The van der Waals surface area contributed by atoms with Gasteiger partial charge < -0.3 is 15.4 Å². The van der Waals surface area contributed by atoms with Crippen molar-refractivity contribution in [3.63, 3.8) is 0 Å². The van der Waals surface area contributed by atoms with E-state index in [0.29, 0.717) is 5.82 Å². The fraction of sp³-hybridized carbons (Fsp3) is 0.231. The minimum absolute atomic E-state index is 0.429. The van der Waals surface area contributed by atoms with E-state index in [9.17, 15) is 0 Å². The Hall–Kier alpha value is -2.30. The molecule has 1 aliphatic heterocycles. The number of nitrogens with two attached hydrogens (primary N) is 1. The van der Waals surface area contributed by atoms with Crippen molar-refractivity contribution < 1.29 is 4.74 Å². The average Bonchev–Trinajstić information content (AvgIpc) is 2.62. The van der Waals surface area contributed by atoms with E-state index in [2.05, 4.69) is 14.9 Å². The summed E-state index contributed by atoms with van der Waals surface area (Å²) in [5, 5.41) is 0. The van der Waals surface area contributed by atoms with Crippen LogP contribution in [0, 0.1) is 0 Å². The minimum Gasteiger partial charge on any atom is -0.491 e. The largest absolute Gasteiger partial charge is 0.491 e. The van der Waals surface area contributed by atoms with E-state index in [4.69, 9.17) is 10.5 Å². The Labute approximate surface area is 105 Å². The third-order valence-corrected chi connectivity index (χ3v) is 2.87. The molecule has 1 aromatic heterocycles. The highest BCUT2D eigenvalue weighted by Crippen LogP contribution is 2.34. The van der Waals surface area contributed by atoms with Gasteiger partial charge in [0.2, 0.25) is 0 Å². The summed E-state index contributed by atoms with van der Waals surface area (Å²) < 4.78 is 5.71. The lowest BCUT2D eigenvalue weighted by molar-refractivity contribution is 0.322. The van der Waals surface area contributed by atoms with Crippen molar-refractivity contribution in [2.75, 3.05) is 23.8 Å². The van der Waals surface area contributed by atoms with Gasteiger partial charge in [-0.1, -0.05) is 12.1 Å². The standard InChI is InChI=1S/C13H14N4O/c14-12-8-16-13(9-15-12)17-6-3-7-18-11-5-2-1-4-10(11)17/h1-2,4-5,8-9H,3,6-7H2,(H2,14,15). The van der Waals surface area contributed by atoms with Crippen molar-refractivity contribution in [1.29, 1.82) is 0 Å². The first-order valence-electron chi connectivity index (χ1n) is 5.91. The Morgan fingerprint density at radius 1 is 1.17 bits per heavy atom. The van der Waals surface area contributed by atoms with Gasteiger partial charge in [0.15, 0.2) is 5.82 Å². The first-order chi connectivity index (χ1) is 8.84. The molecule has 0 saturated heterocycles. The van der Waals surface area contributed by atoms with E-state index < -0.39 is 0 Å². The van der Waals surface area contributed by atoms with Crippen molar-refractivity contribution in [2.45, 2.75) is 6.42 Å². The molecular weight excluding hydrogens is 228 g/mol. The summed E-state index contributed by atoms with van der Waals surface area (Å²) in [4.78, 5) is 10.5. The van der Waals surface area contributed by atoms with Crippen molar-refractivity contribution in [2.24, 2.45) is 0 Å². The average molecular weight is 242 g/mol. The molecule has 0 radical (unpaired) electrons. The smallest absolute Gasteiger partial charge is 0.151 e. The van der Waals surface area contributed by atoms with E-state index >= 15 is 0 Å². The van der Waals surface area contributed by atoms with Gasteiger partial charge in [-0.25, -0.2) is 9.97 Å². The van der Waals surface area contributed by atoms with Gasteiger partial charge in [-0.2, -0.15) is 0 Å². The van der Waals surface area contributed by atoms with Gasteiger partial charge in [-0.3, -0.25) is 0 Å². The maximum Gasteiger partial charge on any atom is 0.151 e. The number of benzene rings is 1. The van der Waals surface area contributed by atoms with Gasteiger partial charge in [0, 0.05) is 6.54 Å².